The molecule has 3 heterocycles. The number of aryl methyl sites for hydroxylation is 1. The second-order valence-corrected chi connectivity index (χ2v) is 6.65. The standard InChI is InChI=1S/C20H23N5O/c1-2-19-22-12-15-8-10-25(13-18(15)24-19)20(26)21-9-7-16-11-14-5-3-4-6-17(14)23-16/h3-6,11-12,23H,2,7-10,13H2,1H3,(H,21,26). The lowest BCUT2D eigenvalue weighted by molar-refractivity contribution is 0.191. The van der Waals surface area contributed by atoms with Crippen molar-refractivity contribution in [1.29, 1.82) is 0 Å². The summed E-state index contributed by atoms with van der Waals surface area (Å²) in [5, 5.41) is 4.23. The van der Waals surface area contributed by atoms with Gasteiger partial charge >= 0.3 is 6.03 Å². The number of amides is 2. The topological polar surface area (TPSA) is 73.9 Å². The Labute approximate surface area is 152 Å². The summed E-state index contributed by atoms with van der Waals surface area (Å²) >= 11 is 0. The highest BCUT2D eigenvalue weighted by Crippen LogP contribution is 2.17. The second-order valence-electron chi connectivity index (χ2n) is 6.65. The van der Waals surface area contributed by atoms with Gasteiger partial charge in [0, 0.05) is 43.3 Å². The predicted octanol–water partition coefficient (Wildman–Crippen LogP) is 2.83. The quantitative estimate of drug-likeness (QED) is 0.761. The van der Waals surface area contributed by atoms with Crippen LogP contribution in [0.1, 0.15) is 29.7 Å². The maximum absolute atomic E-state index is 12.5. The predicted molar refractivity (Wildman–Crippen MR) is 101 cm³/mol. The summed E-state index contributed by atoms with van der Waals surface area (Å²) in [5.41, 5.74) is 4.40. The van der Waals surface area contributed by atoms with E-state index in [9.17, 15) is 4.79 Å². The van der Waals surface area contributed by atoms with E-state index in [0.717, 1.165) is 47.6 Å². The highest BCUT2D eigenvalue weighted by Gasteiger charge is 2.22. The van der Waals surface area contributed by atoms with Gasteiger partial charge < -0.3 is 15.2 Å². The van der Waals surface area contributed by atoms with E-state index in [1.807, 2.05) is 30.2 Å². The van der Waals surface area contributed by atoms with Gasteiger partial charge in [0.1, 0.15) is 5.82 Å². The zero-order valence-electron chi connectivity index (χ0n) is 15.0. The number of nitrogens with one attached hydrogen (secondary N) is 2. The van der Waals surface area contributed by atoms with Crippen LogP contribution in [0.3, 0.4) is 0 Å². The summed E-state index contributed by atoms with van der Waals surface area (Å²) < 4.78 is 0. The zero-order chi connectivity index (χ0) is 17.9. The van der Waals surface area contributed by atoms with Crippen LogP contribution in [0.2, 0.25) is 0 Å². The third-order valence-corrected chi connectivity index (χ3v) is 4.86. The maximum Gasteiger partial charge on any atom is 0.317 e. The molecule has 0 atom stereocenters. The lowest BCUT2D eigenvalue weighted by Crippen LogP contribution is -2.43. The van der Waals surface area contributed by atoms with E-state index >= 15 is 0 Å². The van der Waals surface area contributed by atoms with E-state index in [4.69, 9.17) is 0 Å². The molecule has 1 aliphatic rings. The number of para-hydroxylation sites is 1. The molecule has 0 spiro atoms. The molecule has 1 aliphatic heterocycles. The summed E-state index contributed by atoms with van der Waals surface area (Å²) in [4.78, 5) is 26.6. The molecule has 6 heteroatoms. The van der Waals surface area contributed by atoms with E-state index in [1.165, 1.54) is 5.39 Å². The smallest absolute Gasteiger partial charge is 0.317 e. The molecule has 4 rings (SSSR count). The molecule has 134 valence electrons. The van der Waals surface area contributed by atoms with Crippen LogP contribution in [-0.2, 0) is 25.8 Å². The molecule has 0 unspecified atom stereocenters. The van der Waals surface area contributed by atoms with E-state index in [0.29, 0.717) is 19.6 Å². The van der Waals surface area contributed by atoms with Crippen LogP contribution in [-0.4, -0.2) is 39.0 Å². The summed E-state index contributed by atoms with van der Waals surface area (Å²) in [6.45, 7) is 3.92. The minimum absolute atomic E-state index is 0.0246. The number of rotatable bonds is 4. The number of hydrogen-bond donors (Lipinski definition) is 2. The van der Waals surface area contributed by atoms with E-state index in [2.05, 4.69) is 38.5 Å². The molecule has 0 fully saturated rings. The van der Waals surface area contributed by atoms with Gasteiger partial charge in [0.2, 0.25) is 0 Å². The third-order valence-electron chi connectivity index (χ3n) is 4.86. The lowest BCUT2D eigenvalue weighted by atomic mass is 10.1. The Kier molecular flexibility index (Phi) is 4.56. The fraction of sp³-hybridized carbons (Fsp3) is 0.350. The molecule has 2 aromatic heterocycles. The Morgan fingerprint density at radius 3 is 3.08 bits per heavy atom. The molecule has 3 aromatic rings. The fourth-order valence-electron chi connectivity index (χ4n) is 3.37. The van der Waals surface area contributed by atoms with Gasteiger partial charge in [-0.1, -0.05) is 25.1 Å². The molecule has 0 saturated carbocycles. The first kappa shape index (κ1) is 16.6. The number of benzene rings is 1. The molecular weight excluding hydrogens is 326 g/mol. The highest BCUT2D eigenvalue weighted by atomic mass is 16.2. The largest absolute Gasteiger partial charge is 0.358 e. The Bertz CT molecular complexity index is 900. The zero-order valence-corrected chi connectivity index (χ0v) is 15.0. The number of fused-ring (bicyclic) bond motifs is 2. The van der Waals surface area contributed by atoms with Gasteiger partial charge in [-0.3, -0.25) is 0 Å². The van der Waals surface area contributed by atoms with Crippen LogP contribution in [0, 0.1) is 0 Å². The van der Waals surface area contributed by atoms with Gasteiger partial charge in [-0.05, 0) is 29.5 Å². The van der Waals surface area contributed by atoms with Crippen molar-refractivity contribution in [2.75, 3.05) is 13.1 Å². The van der Waals surface area contributed by atoms with Gasteiger partial charge in [-0.25, -0.2) is 14.8 Å². The summed E-state index contributed by atoms with van der Waals surface area (Å²) in [5.74, 6) is 0.838. The molecule has 2 amide bonds. The number of hydrogen-bond acceptors (Lipinski definition) is 3. The van der Waals surface area contributed by atoms with E-state index in [1.54, 1.807) is 0 Å². The Morgan fingerprint density at radius 2 is 2.23 bits per heavy atom. The normalized spacial score (nSPS) is 13.7. The monoisotopic (exact) mass is 349 g/mol. The van der Waals surface area contributed by atoms with E-state index < -0.39 is 0 Å². The van der Waals surface area contributed by atoms with Crippen LogP contribution in [0.25, 0.3) is 10.9 Å². The van der Waals surface area contributed by atoms with Crippen molar-refractivity contribution in [1.82, 2.24) is 25.2 Å². The molecule has 1 aromatic carbocycles. The number of H-pyrrole nitrogens is 1. The minimum Gasteiger partial charge on any atom is -0.358 e. The van der Waals surface area contributed by atoms with Crippen LogP contribution >= 0.6 is 0 Å². The molecule has 0 radical (unpaired) electrons. The lowest BCUT2D eigenvalue weighted by Gasteiger charge is -2.28. The first-order valence-corrected chi connectivity index (χ1v) is 9.16. The van der Waals surface area contributed by atoms with Crippen molar-refractivity contribution >= 4 is 16.9 Å². The minimum atomic E-state index is -0.0246. The molecular formula is C20H23N5O. The number of aromatic amines is 1. The second kappa shape index (κ2) is 7.15. The van der Waals surface area contributed by atoms with Crippen molar-refractivity contribution in [2.45, 2.75) is 32.7 Å². The molecule has 0 aliphatic carbocycles. The molecule has 26 heavy (non-hydrogen) atoms. The fourth-order valence-corrected chi connectivity index (χ4v) is 3.37. The number of urea groups is 1. The van der Waals surface area contributed by atoms with Gasteiger partial charge in [0.15, 0.2) is 0 Å². The molecule has 0 saturated heterocycles. The maximum atomic E-state index is 12.5. The van der Waals surface area contributed by atoms with Gasteiger partial charge in [-0.2, -0.15) is 0 Å². The van der Waals surface area contributed by atoms with Crippen LogP contribution in [0.15, 0.2) is 36.5 Å². The summed E-state index contributed by atoms with van der Waals surface area (Å²) in [7, 11) is 0. The average molecular weight is 349 g/mol. The number of carbonyl (C=O) groups excluding carboxylic acids is 1. The van der Waals surface area contributed by atoms with Crippen molar-refractivity contribution in [2.24, 2.45) is 0 Å². The van der Waals surface area contributed by atoms with Gasteiger partial charge in [0.05, 0.1) is 12.2 Å². The first-order valence-electron chi connectivity index (χ1n) is 9.16. The van der Waals surface area contributed by atoms with Crippen LogP contribution in [0.4, 0.5) is 4.79 Å². The Balaban J connectivity index is 1.33. The van der Waals surface area contributed by atoms with Crippen molar-refractivity contribution in [3.05, 3.63) is 59.3 Å². The van der Waals surface area contributed by atoms with Crippen molar-refractivity contribution < 1.29 is 4.79 Å². The Morgan fingerprint density at radius 1 is 1.35 bits per heavy atom. The summed E-state index contributed by atoms with van der Waals surface area (Å²) in [6.07, 6.45) is 4.32. The molecule has 6 nitrogen and oxygen atoms in total. The van der Waals surface area contributed by atoms with Gasteiger partial charge in [0.25, 0.3) is 0 Å². The van der Waals surface area contributed by atoms with Crippen LogP contribution in [0.5, 0.6) is 0 Å². The first-order chi connectivity index (χ1) is 12.7. The average Bonchev–Trinajstić information content (AvgIpc) is 3.09. The Hall–Kier alpha value is -2.89. The van der Waals surface area contributed by atoms with E-state index in [-0.39, 0.29) is 6.03 Å². The third kappa shape index (κ3) is 3.40. The van der Waals surface area contributed by atoms with Crippen LogP contribution < -0.4 is 5.32 Å². The molecule has 0 bridgehead atoms. The van der Waals surface area contributed by atoms with Crippen molar-refractivity contribution in [3.8, 4) is 0 Å². The summed E-state index contributed by atoms with van der Waals surface area (Å²) in [6, 6.07) is 10.3. The SMILES string of the molecule is CCc1ncc2c(n1)CN(C(=O)NCCc1cc3ccccc3[nH]1)CC2. The van der Waals surface area contributed by atoms with Gasteiger partial charge in [-0.15, -0.1) is 0 Å². The number of carbonyl (C=O) groups is 1. The number of aromatic nitrogens is 3. The number of nitrogens with zero attached hydrogens (tertiary/aromatic N) is 3. The molecule has 2 N–H and O–H groups in total. The highest BCUT2D eigenvalue weighted by molar-refractivity contribution is 5.80. The van der Waals surface area contributed by atoms with Crippen molar-refractivity contribution in [3.63, 3.8) is 0 Å².